The van der Waals surface area contributed by atoms with Crippen LogP contribution in [0.4, 0.5) is 0 Å². The van der Waals surface area contributed by atoms with E-state index in [4.69, 9.17) is 11.6 Å². The van der Waals surface area contributed by atoms with Crippen LogP contribution >= 0.6 is 23.4 Å². The van der Waals surface area contributed by atoms with E-state index in [0.29, 0.717) is 0 Å². The van der Waals surface area contributed by atoms with Crippen molar-refractivity contribution in [2.24, 2.45) is 5.92 Å². The van der Waals surface area contributed by atoms with Crippen molar-refractivity contribution < 1.29 is 0 Å². The molecule has 0 spiro atoms. The third-order valence-electron chi connectivity index (χ3n) is 3.90. The molecule has 0 aromatic carbocycles. The highest BCUT2D eigenvalue weighted by atomic mass is 35.5. The molecule has 0 aliphatic carbocycles. The van der Waals surface area contributed by atoms with Crippen molar-refractivity contribution in [3.8, 4) is 0 Å². The Morgan fingerprint density at radius 2 is 2.10 bits per heavy atom. The van der Waals surface area contributed by atoms with Gasteiger partial charge in [-0.15, -0.1) is 11.6 Å². The quantitative estimate of drug-likeness (QED) is 0.797. The Balaban J connectivity index is 2.01. The first kappa shape index (κ1) is 14.2. The molecule has 0 amide bonds. The van der Waals surface area contributed by atoms with Crippen molar-refractivity contribution in [3.63, 3.8) is 0 Å². The zero-order valence-electron chi connectivity index (χ0n) is 12.0. The molecule has 2 aromatic rings. The van der Waals surface area contributed by atoms with Gasteiger partial charge in [-0.25, -0.2) is 9.97 Å². The van der Waals surface area contributed by atoms with Gasteiger partial charge in [0.1, 0.15) is 11.3 Å². The molecule has 1 fully saturated rings. The SMILES string of the molecule is Cc1ccc2nc(C(C)Cl)n(CC3CCSCC3)c2n1. The van der Waals surface area contributed by atoms with Crippen LogP contribution in [0.25, 0.3) is 11.2 Å². The molecule has 3 heterocycles. The number of fused-ring (bicyclic) bond motifs is 1. The van der Waals surface area contributed by atoms with E-state index in [9.17, 15) is 0 Å². The number of halogens is 1. The highest BCUT2D eigenvalue weighted by Crippen LogP contribution is 2.29. The van der Waals surface area contributed by atoms with Crippen LogP contribution in [0.2, 0.25) is 0 Å². The summed E-state index contributed by atoms with van der Waals surface area (Å²) >= 11 is 8.38. The van der Waals surface area contributed by atoms with Gasteiger partial charge in [-0.1, -0.05) is 0 Å². The average molecular weight is 310 g/mol. The second kappa shape index (κ2) is 5.94. The van der Waals surface area contributed by atoms with Crippen LogP contribution in [0, 0.1) is 12.8 Å². The molecule has 0 saturated carbocycles. The highest BCUT2D eigenvalue weighted by molar-refractivity contribution is 7.99. The lowest BCUT2D eigenvalue weighted by Crippen LogP contribution is -2.18. The van der Waals surface area contributed by atoms with E-state index in [1.807, 2.05) is 26.0 Å². The zero-order valence-corrected chi connectivity index (χ0v) is 13.5. The van der Waals surface area contributed by atoms with Gasteiger partial charge in [0.15, 0.2) is 5.65 Å². The van der Waals surface area contributed by atoms with Gasteiger partial charge >= 0.3 is 0 Å². The number of hydrogen-bond donors (Lipinski definition) is 0. The number of nitrogens with zero attached hydrogens (tertiary/aromatic N) is 3. The summed E-state index contributed by atoms with van der Waals surface area (Å²) in [6.45, 7) is 5.01. The fraction of sp³-hybridized carbons (Fsp3) is 0.600. The maximum absolute atomic E-state index is 6.32. The topological polar surface area (TPSA) is 30.7 Å². The predicted octanol–water partition coefficient (Wildman–Crippen LogP) is 4.18. The van der Waals surface area contributed by atoms with Crippen molar-refractivity contribution in [3.05, 3.63) is 23.7 Å². The van der Waals surface area contributed by atoms with Crippen molar-refractivity contribution in [2.45, 2.75) is 38.6 Å². The summed E-state index contributed by atoms with van der Waals surface area (Å²) in [4.78, 5) is 9.36. The molecule has 3 nitrogen and oxygen atoms in total. The van der Waals surface area contributed by atoms with Gasteiger partial charge in [0, 0.05) is 12.2 Å². The van der Waals surface area contributed by atoms with Crippen molar-refractivity contribution in [1.82, 2.24) is 14.5 Å². The molecular weight excluding hydrogens is 290 g/mol. The highest BCUT2D eigenvalue weighted by Gasteiger charge is 2.21. The van der Waals surface area contributed by atoms with Crippen LogP contribution in [0.15, 0.2) is 12.1 Å². The summed E-state index contributed by atoms with van der Waals surface area (Å²) in [5.41, 5.74) is 2.99. The maximum Gasteiger partial charge on any atom is 0.160 e. The smallest absolute Gasteiger partial charge is 0.160 e. The third kappa shape index (κ3) is 2.82. The monoisotopic (exact) mass is 309 g/mol. The van der Waals surface area contributed by atoms with Gasteiger partial charge in [0.2, 0.25) is 0 Å². The summed E-state index contributed by atoms with van der Waals surface area (Å²) in [6.07, 6.45) is 2.57. The van der Waals surface area contributed by atoms with Crippen LogP contribution in [0.1, 0.15) is 36.7 Å². The second-order valence-electron chi connectivity index (χ2n) is 5.55. The molecule has 3 rings (SSSR count). The van der Waals surface area contributed by atoms with Crippen LogP contribution < -0.4 is 0 Å². The molecule has 1 saturated heterocycles. The van der Waals surface area contributed by atoms with Gasteiger partial charge in [-0.2, -0.15) is 11.8 Å². The molecule has 1 aliphatic heterocycles. The minimum absolute atomic E-state index is 0.0810. The molecule has 1 atom stereocenters. The van der Waals surface area contributed by atoms with E-state index in [1.54, 1.807) is 0 Å². The van der Waals surface area contributed by atoms with Crippen LogP contribution in [0.3, 0.4) is 0 Å². The lowest BCUT2D eigenvalue weighted by atomic mass is 10.0. The molecule has 5 heteroatoms. The lowest BCUT2D eigenvalue weighted by Gasteiger charge is -2.23. The Morgan fingerprint density at radius 1 is 1.35 bits per heavy atom. The van der Waals surface area contributed by atoms with Crippen LogP contribution in [0.5, 0.6) is 0 Å². The van der Waals surface area contributed by atoms with E-state index in [1.165, 1.54) is 24.3 Å². The lowest BCUT2D eigenvalue weighted by molar-refractivity contribution is 0.414. The average Bonchev–Trinajstić information content (AvgIpc) is 2.78. The Labute approximate surface area is 129 Å². The first-order valence-electron chi connectivity index (χ1n) is 7.20. The third-order valence-corrected chi connectivity index (χ3v) is 5.14. The fourth-order valence-corrected chi connectivity index (χ4v) is 4.16. The van der Waals surface area contributed by atoms with Gasteiger partial charge in [0.25, 0.3) is 0 Å². The number of thioether (sulfide) groups is 1. The minimum Gasteiger partial charge on any atom is -0.311 e. The van der Waals surface area contributed by atoms with Crippen LogP contribution in [-0.4, -0.2) is 26.0 Å². The standard InChI is InChI=1S/C15H20ClN3S/c1-10-3-4-13-15(17-10)19(14(18-13)11(2)16)9-12-5-7-20-8-6-12/h3-4,11-12H,5-9H2,1-2H3. The van der Waals surface area contributed by atoms with Crippen LogP contribution in [-0.2, 0) is 6.54 Å². The number of alkyl halides is 1. The van der Waals surface area contributed by atoms with Crippen molar-refractivity contribution in [1.29, 1.82) is 0 Å². The van der Waals surface area contributed by atoms with Gasteiger partial charge < -0.3 is 4.57 Å². The Kier molecular flexibility index (Phi) is 4.22. The molecule has 1 unspecified atom stereocenters. The second-order valence-corrected chi connectivity index (χ2v) is 7.43. The number of rotatable bonds is 3. The van der Waals surface area contributed by atoms with Gasteiger partial charge in [-0.05, 0) is 56.2 Å². The van der Waals surface area contributed by atoms with E-state index in [0.717, 1.165) is 35.1 Å². The Bertz CT molecular complexity index is 602. The summed E-state index contributed by atoms with van der Waals surface area (Å²) in [7, 11) is 0. The van der Waals surface area contributed by atoms with Gasteiger partial charge in [0.05, 0.1) is 5.38 Å². The molecule has 0 bridgehead atoms. The zero-order chi connectivity index (χ0) is 14.1. The molecular formula is C15H20ClN3S. The number of imidazole rings is 1. The number of aryl methyl sites for hydroxylation is 1. The molecule has 0 radical (unpaired) electrons. The number of pyridine rings is 1. The van der Waals surface area contributed by atoms with E-state index in [-0.39, 0.29) is 5.38 Å². The summed E-state index contributed by atoms with van der Waals surface area (Å²) < 4.78 is 2.25. The van der Waals surface area contributed by atoms with Gasteiger partial charge in [-0.3, -0.25) is 0 Å². The van der Waals surface area contributed by atoms with E-state index >= 15 is 0 Å². The maximum atomic E-state index is 6.32. The first-order chi connectivity index (χ1) is 9.65. The predicted molar refractivity (Wildman–Crippen MR) is 86.6 cm³/mol. The van der Waals surface area contributed by atoms with Crippen molar-refractivity contribution >= 4 is 34.5 Å². The molecule has 1 aliphatic rings. The Hall–Kier alpha value is -0.740. The Morgan fingerprint density at radius 3 is 2.80 bits per heavy atom. The van der Waals surface area contributed by atoms with E-state index < -0.39 is 0 Å². The summed E-state index contributed by atoms with van der Waals surface area (Å²) in [5, 5.41) is -0.0810. The minimum atomic E-state index is -0.0810. The largest absolute Gasteiger partial charge is 0.311 e. The number of hydrogen-bond acceptors (Lipinski definition) is 3. The summed E-state index contributed by atoms with van der Waals surface area (Å²) in [6, 6.07) is 4.06. The molecule has 108 valence electrons. The summed E-state index contributed by atoms with van der Waals surface area (Å²) in [5.74, 6) is 4.23. The first-order valence-corrected chi connectivity index (χ1v) is 8.80. The van der Waals surface area contributed by atoms with Crippen molar-refractivity contribution in [2.75, 3.05) is 11.5 Å². The molecule has 2 aromatic heterocycles. The fourth-order valence-electron chi connectivity index (χ4n) is 2.78. The van der Waals surface area contributed by atoms with E-state index in [2.05, 4.69) is 26.3 Å². The molecule has 20 heavy (non-hydrogen) atoms. The number of aromatic nitrogens is 3. The molecule has 0 N–H and O–H groups in total. The normalized spacial score (nSPS) is 18.6.